The lowest BCUT2D eigenvalue weighted by Gasteiger charge is -2.13. The van der Waals surface area contributed by atoms with E-state index < -0.39 is 0 Å². The molecule has 6 nitrogen and oxygen atoms in total. The summed E-state index contributed by atoms with van der Waals surface area (Å²) in [5.74, 6) is 0.958. The molecule has 0 atom stereocenters. The number of carbonyl (C=O) groups is 1. The van der Waals surface area contributed by atoms with Gasteiger partial charge >= 0.3 is 0 Å². The molecule has 0 N–H and O–H groups in total. The Kier molecular flexibility index (Phi) is 5.55. The highest BCUT2D eigenvalue weighted by Gasteiger charge is 2.17. The molecule has 0 aliphatic heterocycles. The first-order chi connectivity index (χ1) is 16.6. The number of methoxy groups -OCH3 is 2. The topological polar surface area (TPSA) is 70.4 Å². The van der Waals surface area contributed by atoms with Crippen LogP contribution in [0, 0.1) is 0 Å². The van der Waals surface area contributed by atoms with E-state index in [0.29, 0.717) is 33.5 Å². The molecule has 0 bridgehead atoms. The Morgan fingerprint density at radius 3 is 2.26 bits per heavy atom. The van der Waals surface area contributed by atoms with Gasteiger partial charge < -0.3 is 9.47 Å². The Morgan fingerprint density at radius 1 is 0.794 bits per heavy atom. The summed E-state index contributed by atoms with van der Waals surface area (Å²) in [5, 5.41) is 7.84. The summed E-state index contributed by atoms with van der Waals surface area (Å²) in [6.45, 7) is -0.164. The van der Waals surface area contributed by atoms with Crippen molar-refractivity contribution in [2.45, 2.75) is 6.54 Å². The van der Waals surface area contributed by atoms with Gasteiger partial charge in [-0.25, -0.2) is 4.68 Å². The number of carbonyl (C=O) groups excluding carboxylic acids is 1. The van der Waals surface area contributed by atoms with Crippen molar-refractivity contribution < 1.29 is 14.3 Å². The number of hydrogen-bond acceptors (Lipinski definition) is 5. The maximum Gasteiger partial charge on any atom is 0.275 e. The highest BCUT2D eigenvalue weighted by molar-refractivity contribution is 6.00. The molecule has 1 aromatic heterocycles. The molecule has 0 fully saturated rings. The smallest absolute Gasteiger partial charge is 0.275 e. The van der Waals surface area contributed by atoms with E-state index in [2.05, 4.69) is 5.10 Å². The van der Waals surface area contributed by atoms with Crippen molar-refractivity contribution in [3.05, 3.63) is 101 Å². The number of rotatable bonds is 6. The largest absolute Gasteiger partial charge is 0.493 e. The van der Waals surface area contributed by atoms with Crippen molar-refractivity contribution in [1.29, 1.82) is 0 Å². The summed E-state index contributed by atoms with van der Waals surface area (Å²) in [7, 11) is 3.14. The standard InChI is InChI=1S/C28H22N2O4/c1-33-25-14-13-21(16-26(25)34-2)27-22-9-5-6-10-23(22)28(32)30(29-27)17-24(31)20-12-11-18-7-3-4-8-19(18)15-20/h3-16H,17H2,1-2H3. The van der Waals surface area contributed by atoms with Gasteiger partial charge in [-0.3, -0.25) is 9.59 Å². The van der Waals surface area contributed by atoms with Crippen LogP contribution in [0.2, 0.25) is 0 Å². The van der Waals surface area contributed by atoms with Gasteiger partial charge in [0.05, 0.1) is 25.3 Å². The SMILES string of the molecule is COc1ccc(-c2nn(CC(=O)c3ccc4ccccc4c3)c(=O)c3ccccc23)cc1OC. The van der Waals surface area contributed by atoms with E-state index in [0.717, 1.165) is 16.3 Å². The van der Waals surface area contributed by atoms with E-state index >= 15 is 0 Å². The summed E-state index contributed by atoms with van der Waals surface area (Å²) >= 11 is 0. The maximum atomic E-state index is 13.2. The van der Waals surface area contributed by atoms with Crippen LogP contribution in [0.1, 0.15) is 10.4 Å². The minimum Gasteiger partial charge on any atom is -0.493 e. The predicted molar refractivity (Wildman–Crippen MR) is 133 cm³/mol. The molecule has 0 saturated carbocycles. The molecule has 0 aliphatic carbocycles. The fraction of sp³-hybridized carbons (Fsp3) is 0.107. The minimum absolute atomic E-state index is 0.164. The van der Waals surface area contributed by atoms with Gasteiger partial charge in [-0.15, -0.1) is 0 Å². The second kappa shape index (κ2) is 8.83. The number of hydrogen-bond donors (Lipinski definition) is 0. The summed E-state index contributed by atoms with van der Waals surface area (Å²) in [4.78, 5) is 26.4. The fourth-order valence-corrected chi connectivity index (χ4v) is 4.13. The maximum absolute atomic E-state index is 13.2. The molecule has 0 aliphatic rings. The molecule has 5 rings (SSSR count). The lowest BCUT2D eigenvalue weighted by molar-refractivity contribution is 0.0966. The average Bonchev–Trinajstić information content (AvgIpc) is 2.89. The average molecular weight is 450 g/mol. The Balaban J connectivity index is 1.61. The zero-order chi connectivity index (χ0) is 23.7. The Bertz CT molecular complexity index is 1600. The summed E-state index contributed by atoms with van der Waals surface area (Å²) in [5.41, 5.74) is 1.56. The van der Waals surface area contributed by atoms with E-state index in [1.54, 1.807) is 38.5 Å². The first kappa shape index (κ1) is 21.4. The monoisotopic (exact) mass is 450 g/mol. The van der Waals surface area contributed by atoms with E-state index in [-0.39, 0.29) is 17.9 Å². The third-order valence-corrected chi connectivity index (χ3v) is 5.89. The number of ether oxygens (including phenoxy) is 2. The molecule has 34 heavy (non-hydrogen) atoms. The van der Waals surface area contributed by atoms with Gasteiger partial charge in [0.2, 0.25) is 0 Å². The van der Waals surface area contributed by atoms with Crippen LogP contribution in [0.3, 0.4) is 0 Å². The molecule has 0 radical (unpaired) electrons. The van der Waals surface area contributed by atoms with Crippen LogP contribution in [0.4, 0.5) is 0 Å². The number of aromatic nitrogens is 2. The molecule has 0 spiro atoms. The molecule has 1 heterocycles. The van der Waals surface area contributed by atoms with E-state index in [9.17, 15) is 9.59 Å². The van der Waals surface area contributed by atoms with Crippen LogP contribution < -0.4 is 15.0 Å². The lowest BCUT2D eigenvalue weighted by atomic mass is 10.0. The predicted octanol–water partition coefficient (Wildman–Crippen LogP) is 5.12. The van der Waals surface area contributed by atoms with Gasteiger partial charge in [0, 0.05) is 16.5 Å². The summed E-state index contributed by atoms with van der Waals surface area (Å²) < 4.78 is 12.0. The molecule has 4 aromatic carbocycles. The highest BCUT2D eigenvalue weighted by Crippen LogP contribution is 2.33. The Labute approximate surface area is 196 Å². The van der Waals surface area contributed by atoms with Gasteiger partial charge in [0.15, 0.2) is 17.3 Å². The van der Waals surface area contributed by atoms with Crippen molar-refractivity contribution in [1.82, 2.24) is 9.78 Å². The van der Waals surface area contributed by atoms with Gasteiger partial charge in [0.25, 0.3) is 5.56 Å². The number of fused-ring (bicyclic) bond motifs is 2. The lowest BCUT2D eigenvalue weighted by Crippen LogP contribution is -2.27. The van der Waals surface area contributed by atoms with Gasteiger partial charge in [-0.05, 0) is 41.1 Å². The van der Waals surface area contributed by atoms with Crippen LogP contribution in [-0.2, 0) is 6.54 Å². The molecule has 0 saturated heterocycles. The Morgan fingerprint density at radius 2 is 1.50 bits per heavy atom. The van der Waals surface area contributed by atoms with Crippen molar-refractivity contribution in [2.24, 2.45) is 0 Å². The molecule has 6 heteroatoms. The fourth-order valence-electron chi connectivity index (χ4n) is 4.13. The van der Waals surface area contributed by atoms with Gasteiger partial charge in [-0.1, -0.05) is 54.6 Å². The van der Waals surface area contributed by atoms with Crippen molar-refractivity contribution in [3.8, 4) is 22.8 Å². The number of benzene rings is 4. The third-order valence-electron chi connectivity index (χ3n) is 5.89. The second-order valence-electron chi connectivity index (χ2n) is 7.91. The minimum atomic E-state index is -0.311. The van der Waals surface area contributed by atoms with Gasteiger partial charge in [0.1, 0.15) is 6.54 Å². The summed E-state index contributed by atoms with van der Waals surface area (Å²) in [6.07, 6.45) is 0. The molecule has 0 unspecified atom stereocenters. The number of ketones is 1. The number of Topliss-reactive ketones (excluding diaryl/α,β-unsaturated/α-hetero) is 1. The van der Waals surface area contributed by atoms with Crippen LogP contribution in [0.5, 0.6) is 11.5 Å². The molecular weight excluding hydrogens is 428 g/mol. The van der Waals surface area contributed by atoms with Crippen molar-refractivity contribution in [3.63, 3.8) is 0 Å². The van der Waals surface area contributed by atoms with Crippen molar-refractivity contribution in [2.75, 3.05) is 14.2 Å². The number of nitrogens with zero attached hydrogens (tertiary/aromatic N) is 2. The third kappa shape index (κ3) is 3.79. The molecule has 168 valence electrons. The van der Waals surface area contributed by atoms with Crippen LogP contribution in [-0.4, -0.2) is 29.8 Å². The zero-order valence-electron chi connectivity index (χ0n) is 18.8. The first-order valence-corrected chi connectivity index (χ1v) is 10.8. The molecule has 5 aromatic rings. The van der Waals surface area contributed by atoms with Crippen LogP contribution >= 0.6 is 0 Å². The van der Waals surface area contributed by atoms with Crippen LogP contribution in [0.15, 0.2) is 89.7 Å². The van der Waals surface area contributed by atoms with E-state index in [1.165, 1.54) is 4.68 Å². The molecular formula is C28H22N2O4. The highest BCUT2D eigenvalue weighted by atomic mass is 16.5. The zero-order valence-corrected chi connectivity index (χ0v) is 18.8. The Hall–Kier alpha value is -4.45. The normalized spacial score (nSPS) is 11.0. The second-order valence-corrected chi connectivity index (χ2v) is 7.91. The van der Waals surface area contributed by atoms with Crippen molar-refractivity contribution >= 4 is 27.3 Å². The summed E-state index contributed by atoms with van der Waals surface area (Å²) in [6, 6.07) is 26.1. The van der Waals surface area contributed by atoms with Gasteiger partial charge in [-0.2, -0.15) is 5.10 Å². The quantitative estimate of drug-likeness (QED) is 0.336. The first-order valence-electron chi connectivity index (χ1n) is 10.8. The van der Waals surface area contributed by atoms with Crippen LogP contribution in [0.25, 0.3) is 32.8 Å². The van der Waals surface area contributed by atoms with E-state index in [1.807, 2.05) is 60.7 Å². The molecule has 0 amide bonds. The van der Waals surface area contributed by atoms with E-state index in [4.69, 9.17) is 9.47 Å².